The van der Waals surface area contributed by atoms with Crippen molar-refractivity contribution in [1.29, 1.82) is 0 Å². The number of nitrogens with two attached hydrogens (primary N) is 1. The lowest BCUT2D eigenvalue weighted by molar-refractivity contribution is -0.269. The van der Waals surface area contributed by atoms with Gasteiger partial charge >= 0.3 is 11.9 Å². The number of allylic oxidation sites excluding steroid dienone is 1. The van der Waals surface area contributed by atoms with E-state index in [0.29, 0.717) is 23.5 Å². The highest BCUT2D eigenvalue weighted by Crippen LogP contribution is 2.46. The highest BCUT2D eigenvalue weighted by molar-refractivity contribution is 7.14. The maximum atomic E-state index is 15.4. The van der Waals surface area contributed by atoms with E-state index in [1.54, 1.807) is 42.6 Å². The van der Waals surface area contributed by atoms with Crippen LogP contribution in [0.4, 0.5) is 0 Å². The van der Waals surface area contributed by atoms with E-state index in [2.05, 4.69) is 36.6 Å². The number of carbonyl (C=O) groups is 8. The van der Waals surface area contributed by atoms with Gasteiger partial charge < -0.3 is 100 Å². The minimum absolute atomic E-state index is 0.00509. The first-order chi connectivity index (χ1) is 52.8. The summed E-state index contributed by atoms with van der Waals surface area (Å²) in [6, 6.07) is 0.0449. The predicted molar refractivity (Wildman–Crippen MR) is 394 cm³/mol. The Morgan fingerprint density at radius 1 is 0.855 bits per heavy atom. The molecule has 36 nitrogen and oxygen atoms in total. The summed E-state index contributed by atoms with van der Waals surface area (Å²) >= 11 is 4.72. The molecule has 12 unspecified atom stereocenters. The van der Waals surface area contributed by atoms with Crippen LogP contribution in [-0.4, -0.2) is 249 Å². The highest BCUT2D eigenvalue weighted by Gasteiger charge is 2.57. The van der Waals surface area contributed by atoms with Crippen molar-refractivity contribution in [2.24, 2.45) is 5.73 Å². The number of aliphatic hydroxyl groups is 2. The predicted octanol–water partition coefficient (Wildman–Crippen LogP) is 3.37. The molecule has 12 heterocycles. The van der Waals surface area contributed by atoms with E-state index in [9.17, 15) is 34.6 Å². The van der Waals surface area contributed by atoms with Crippen LogP contribution in [0.1, 0.15) is 125 Å². The van der Waals surface area contributed by atoms with E-state index in [1.165, 1.54) is 55.7 Å². The quantitative estimate of drug-likeness (QED) is 0.0257. The molecule has 0 spiro atoms. The molecule has 12 atom stereocenters. The molecule has 2 fully saturated rings. The monoisotopic (exact) mass is 1610 g/mol. The summed E-state index contributed by atoms with van der Waals surface area (Å²) in [6.07, 6.45) is -7.64. The molecule has 7 aromatic heterocycles. The molecule has 12 bridgehead atoms. The number of benzene rings is 1. The molecule has 10 N–H and O–H groups in total. The SMILES string of the molecule is COCCOCC1OC2(C)CC(OC3C(=O)OCc4cccc5c4c4c(n5O)C(=O)OCC5NC(=O)c6csc(n6)C(NC(=O)c6csc(n6)/C(=C(/C)OC)NC(=O)C(C(C)O)NC(=O)c6csc(n6)-c6cc(OC)c(-c7nc(C(=O)NC(CN(C)CCO)C(N)=O)cs7)nc6-c6csc5n6)C3OC4)OC(C)C2N1C. The Kier molecular flexibility index (Phi) is 23.8. The fourth-order valence-electron chi connectivity index (χ4n) is 13.6. The number of primary amides is 1. The molecule has 8 aromatic rings. The van der Waals surface area contributed by atoms with Gasteiger partial charge in [0.2, 0.25) is 11.8 Å². The Balaban J connectivity index is 0.957. The van der Waals surface area contributed by atoms with E-state index in [1.807, 2.05) is 25.8 Å². The van der Waals surface area contributed by atoms with Crippen molar-refractivity contribution < 1.29 is 101 Å². The number of hydrogen-bond acceptors (Lipinski definition) is 34. The van der Waals surface area contributed by atoms with Crippen molar-refractivity contribution >= 4 is 121 Å². The van der Waals surface area contributed by atoms with Crippen molar-refractivity contribution in [3.8, 4) is 38.4 Å². The summed E-state index contributed by atoms with van der Waals surface area (Å²) in [5.41, 5.74) is 4.11. The van der Waals surface area contributed by atoms with Crippen LogP contribution in [0.15, 0.2) is 56.9 Å². The molecular formula is C69H77N15O21S5. The first-order valence-electron chi connectivity index (χ1n) is 34.3. The number of cyclic esters (lactones) is 2. The van der Waals surface area contributed by atoms with Crippen molar-refractivity contribution in [2.45, 2.75) is 120 Å². The van der Waals surface area contributed by atoms with Crippen LogP contribution < -0.4 is 37.1 Å². The second-order valence-corrected chi connectivity index (χ2v) is 30.8. The zero-order valence-corrected chi connectivity index (χ0v) is 64.5. The van der Waals surface area contributed by atoms with Crippen LogP contribution in [0.5, 0.6) is 5.75 Å². The molecule has 110 heavy (non-hydrogen) atoms. The van der Waals surface area contributed by atoms with Crippen LogP contribution in [-0.2, 0) is 70.2 Å². The minimum atomic E-state index is -1.89. The number of ether oxygens (including phenoxy) is 10. The number of methoxy groups -OCH3 is 3. The van der Waals surface area contributed by atoms with Gasteiger partial charge in [-0.05, 0) is 59.5 Å². The minimum Gasteiger partial charge on any atom is -0.499 e. The third-order valence-corrected chi connectivity index (χ3v) is 23.5. The molecule has 5 aliphatic heterocycles. The largest absolute Gasteiger partial charge is 0.499 e. The number of carbonyl (C=O) groups excluding carboxylic acids is 8. The fraction of sp³-hybridized carbons (Fsp3) is 0.449. The number of pyridine rings is 1. The molecule has 13 rings (SSSR count). The molecule has 5 aliphatic rings. The van der Waals surface area contributed by atoms with Gasteiger partial charge in [-0.2, -0.15) is 4.73 Å². The van der Waals surface area contributed by atoms with Gasteiger partial charge in [0.15, 0.2) is 18.1 Å². The van der Waals surface area contributed by atoms with E-state index < -0.39 is 140 Å². The lowest BCUT2D eigenvalue weighted by Gasteiger charge is -2.45. The lowest BCUT2D eigenvalue weighted by Crippen LogP contribution is -2.59. The second kappa shape index (κ2) is 33.2. The number of thiazole rings is 5. The second-order valence-electron chi connectivity index (χ2n) is 26.4. The van der Waals surface area contributed by atoms with Gasteiger partial charge in [0.05, 0.1) is 76.6 Å². The smallest absolute Gasteiger partial charge is 0.358 e. The van der Waals surface area contributed by atoms with Crippen LogP contribution in [0.2, 0.25) is 0 Å². The normalized spacial score (nSPS) is 24.4. The number of hydrogen-bond donors (Lipinski definition) is 9. The van der Waals surface area contributed by atoms with E-state index >= 15 is 19.2 Å². The number of aromatic nitrogens is 7. The number of nitrogens with zero attached hydrogens (tertiary/aromatic N) is 9. The third kappa shape index (κ3) is 16.1. The zero-order valence-electron chi connectivity index (χ0n) is 60.5. The Bertz CT molecular complexity index is 4880. The maximum Gasteiger partial charge on any atom is 0.358 e. The number of fused-ring (bicyclic) bond motifs is 16. The van der Waals surface area contributed by atoms with Crippen LogP contribution in [0.25, 0.3) is 49.3 Å². The van der Waals surface area contributed by atoms with Crippen molar-refractivity contribution in [3.05, 3.63) is 112 Å². The molecule has 584 valence electrons. The number of aliphatic hydroxyl groups excluding tert-OH is 2. The summed E-state index contributed by atoms with van der Waals surface area (Å²) in [6.45, 7) is 5.50. The van der Waals surface area contributed by atoms with Gasteiger partial charge in [-0.3, -0.25) is 33.7 Å². The van der Waals surface area contributed by atoms with E-state index in [4.69, 9.17) is 73.0 Å². The third-order valence-electron chi connectivity index (χ3n) is 19.0. The van der Waals surface area contributed by atoms with Gasteiger partial charge in [-0.1, -0.05) is 12.1 Å². The number of rotatable bonds is 18. The zero-order chi connectivity index (χ0) is 78.1. The molecule has 2 saturated heterocycles. The molecule has 0 saturated carbocycles. The summed E-state index contributed by atoms with van der Waals surface area (Å²) < 4.78 is 63.0. The molecular weight excluding hydrogens is 1540 g/mol. The molecule has 6 amide bonds. The van der Waals surface area contributed by atoms with Crippen LogP contribution in [0.3, 0.4) is 0 Å². The standard InChI is InChI=1S/C69H77N15O21S5/c1-29(86)47-61(92)80-48(30(2)97-8)64-75-41(28-108-64)60(91)81-51-53-54(104-45-18-69(4)55(31(3)103-45)83(6)44(105-69)23-99-16-15-96-7)68(94)101-20-32-11-10-12-42-46(32)34(21-100-53)52(84(42)95)67(93)102-22-36(72-58(89)39-27-110-66(51)77-39)63-73-37(24-107-63)49-33(62-74-40(25-106-62)59(90)79-47)17-43(98-9)50(78-49)65-76-38(26-109-65)57(88)71-35(56(70)87)19-82(5)13-14-85/h10-12,17,24-29,31,35-36,44-45,47,51,53-55,85-86,95H,13-16,18-23H2,1-9H3,(H2,70,87)(H,71,88)(H,72,89)(H,79,90)(H,80,92)(H,81,91)/b48-30+. The fourth-order valence-corrected chi connectivity index (χ4v) is 17.7. The van der Waals surface area contributed by atoms with Gasteiger partial charge in [0.25, 0.3) is 23.6 Å². The average molecular weight is 1610 g/mol. The van der Waals surface area contributed by atoms with Crippen LogP contribution in [0, 0.1) is 0 Å². The van der Waals surface area contributed by atoms with Crippen molar-refractivity contribution in [3.63, 3.8) is 0 Å². The Morgan fingerprint density at radius 2 is 1.55 bits per heavy atom. The Hall–Kier alpha value is -9.44. The lowest BCUT2D eigenvalue weighted by atomic mass is 9.86. The Morgan fingerprint density at radius 3 is 2.29 bits per heavy atom. The molecule has 0 aliphatic carbocycles. The van der Waals surface area contributed by atoms with Gasteiger partial charge in [-0.15, -0.1) is 56.7 Å². The number of esters is 2. The van der Waals surface area contributed by atoms with Gasteiger partial charge in [-0.25, -0.2) is 39.5 Å². The van der Waals surface area contributed by atoms with E-state index in [0.717, 1.165) is 56.7 Å². The van der Waals surface area contributed by atoms with Gasteiger partial charge in [0.1, 0.15) is 132 Å². The molecule has 1 aromatic carbocycles. The summed E-state index contributed by atoms with van der Waals surface area (Å²) in [4.78, 5) is 149. The topological polar surface area (TPSA) is 464 Å². The first-order valence-corrected chi connectivity index (χ1v) is 38.7. The van der Waals surface area contributed by atoms with E-state index in [-0.39, 0.29) is 143 Å². The number of nitrogens with one attached hydrogen (secondary N) is 5. The first kappa shape index (κ1) is 78.7. The van der Waals surface area contributed by atoms with Crippen molar-refractivity contribution in [1.82, 2.24) is 71.0 Å². The average Bonchev–Trinajstić information content (AvgIpc) is 1.59. The van der Waals surface area contributed by atoms with Gasteiger partial charge in [0, 0.05) is 70.0 Å². The highest BCUT2D eigenvalue weighted by atomic mass is 32.1. The summed E-state index contributed by atoms with van der Waals surface area (Å²) in [5, 5.41) is 54.5. The van der Waals surface area contributed by atoms with Crippen molar-refractivity contribution in [2.75, 3.05) is 81.5 Å². The summed E-state index contributed by atoms with van der Waals surface area (Å²) in [5.74, 6) is -7.28. The molecule has 41 heteroatoms. The number of likely N-dealkylation sites (N-methyl/N-ethyl adjacent to an activating group) is 2. The maximum absolute atomic E-state index is 15.4. The Labute approximate surface area is 646 Å². The number of amides is 6. The summed E-state index contributed by atoms with van der Waals surface area (Å²) in [7, 11) is 7.76. The van der Waals surface area contributed by atoms with Crippen LogP contribution >= 0.6 is 56.7 Å². The molecule has 0 radical (unpaired) electrons.